The number of halogens is 6. The van der Waals surface area contributed by atoms with Crippen molar-refractivity contribution in [3.8, 4) is 5.75 Å². The molecule has 16 rings (SSSR count). The number of nitrogens with zero attached hydrogens (tertiary/aromatic N) is 1. The zero-order valence-electron chi connectivity index (χ0n) is 65.5. The van der Waals surface area contributed by atoms with Gasteiger partial charge in [0.2, 0.25) is 0 Å². The standard InChI is InChI=1S/2C26H20F3S2.C25H20NO2S2.C25H20OS2/c1-19-18-22(31(20-10-4-2-5-11-20)21-12-6-3-7-13-21)16-17-24(19)30-25-15-9-8-14-23(25)26(27,28)29;1-19-18-24(31(22-8-4-2-5-9-22)23-10-6-3-7-11-23)16-17-25(19)30-21-14-12-20(13-15-21)26(27,28)29;1-19-18-22(16-17-24(19)29-25-15-9-8-14-23(25)26(27)28)30(20-10-4-2-5-11-20)21-12-6-3-7-13-21;1-19-18-24(16-17-25(19)27-21-14-12-20(26)13-15-21)28(22-8-4-2-5-9-22)23-10-6-3-7-11-23/h2*2-18H,1H3;2-18H,1H3;2-18H,1H3/q3*+1;/p+1. The number of alkyl halides is 6. The number of nitro groups is 1. The van der Waals surface area contributed by atoms with Crippen molar-refractivity contribution < 1.29 is 36.4 Å². The number of aryl methyl sites for hydroxylation is 4. The van der Waals surface area contributed by atoms with Gasteiger partial charge in [0.1, 0.15) is 5.75 Å². The molecular weight excluding hydrogens is 1660 g/mol. The Morgan fingerprint density at radius 3 is 0.767 bits per heavy atom. The SMILES string of the molecule is Cc1cc([S+](c2ccccc2)c2ccccc2)ccc1Sc1ccc(C(F)(F)F)cc1.Cc1cc([S+](c2ccccc2)c2ccccc2)ccc1Sc1ccc(O)cc1.Cc1cc([S+](c2ccccc2)c2ccccc2)ccc1Sc1ccccc1C(F)(F)F.Cc1cc([S+](c2ccccc2)c2ccccc2)ccc1Sc1ccccc1[N+](=O)[O-]. The van der Waals surface area contributed by atoms with E-state index in [1.54, 1.807) is 48.2 Å². The Labute approximate surface area is 726 Å². The van der Waals surface area contributed by atoms with Gasteiger partial charge < -0.3 is 5.11 Å². The molecule has 598 valence electrons. The molecule has 0 heterocycles. The molecule has 0 unspecified atom stereocenters. The summed E-state index contributed by atoms with van der Waals surface area (Å²) in [5.41, 5.74) is 3.35. The molecule has 4 nitrogen and oxygen atoms in total. The summed E-state index contributed by atoms with van der Waals surface area (Å²) in [7, 11) is -0.848. The molecule has 0 aliphatic rings. The van der Waals surface area contributed by atoms with E-state index in [0.29, 0.717) is 10.6 Å². The highest BCUT2D eigenvalue weighted by molar-refractivity contribution is 8.00. The maximum Gasteiger partial charge on any atom is 0.417 e. The highest BCUT2D eigenvalue weighted by Crippen LogP contribution is 2.45. The molecule has 0 aliphatic carbocycles. The molecule has 0 aromatic heterocycles. The molecule has 16 aromatic carbocycles. The third kappa shape index (κ3) is 23.4. The van der Waals surface area contributed by atoms with Crippen LogP contribution in [-0.4, -0.2) is 10.0 Å². The molecule has 0 saturated heterocycles. The summed E-state index contributed by atoms with van der Waals surface area (Å²) in [6.45, 7) is 8.24. The van der Waals surface area contributed by atoms with Crippen molar-refractivity contribution in [1.29, 1.82) is 0 Å². The van der Waals surface area contributed by atoms with Crippen molar-refractivity contribution in [2.75, 3.05) is 0 Å². The minimum absolute atomic E-state index is 0.125. The van der Waals surface area contributed by atoms with Gasteiger partial charge in [0, 0.05) is 40.3 Å². The maximum absolute atomic E-state index is 13.4. The highest BCUT2D eigenvalue weighted by atomic mass is 32.2. The third-order valence-corrected chi connectivity index (χ3v) is 32.2. The van der Waals surface area contributed by atoms with Crippen LogP contribution in [0.2, 0.25) is 0 Å². The predicted molar refractivity (Wildman–Crippen MR) is 485 cm³/mol. The third-order valence-electron chi connectivity index (χ3n) is 18.5. The number of hydrogen-bond acceptors (Lipinski definition) is 7. The summed E-state index contributed by atoms with van der Waals surface area (Å²) in [4.78, 5) is 32.9. The summed E-state index contributed by atoms with van der Waals surface area (Å²) in [6, 6.07) is 135. The fourth-order valence-corrected chi connectivity index (χ4v) is 25.2. The summed E-state index contributed by atoms with van der Waals surface area (Å²) in [5.74, 6) is 0.297. The first-order chi connectivity index (χ1) is 58.2. The highest BCUT2D eigenvalue weighted by Gasteiger charge is 2.36. The van der Waals surface area contributed by atoms with Gasteiger partial charge in [-0.1, -0.05) is 217 Å². The number of para-hydroxylation sites is 1. The molecule has 0 atom stereocenters. The van der Waals surface area contributed by atoms with Gasteiger partial charge in [0.15, 0.2) is 58.7 Å². The maximum atomic E-state index is 13.4. The first-order valence-corrected chi connectivity index (χ1v) is 46.2. The van der Waals surface area contributed by atoms with Gasteiger partial charge in [-0.2, -0.15) is 26.3 Å². The number of nitro benzene ring substituents is 1. The molecule has 0 saturated carbocycles. The van der Waals surface area contributed by atoms with Gasteiger partial charge in [-0.3, -0.25) is 10.1 Å². The van der Waals surface area contributed by atoms with Crippen LogP contribution in [0, 0.1) is 37.8 Å². The Kier molecular flexibility index (Phi) is 30.3. The first kappa shape index (κ1) is 86.9. The second-order valence-corrected chi connectivity index (χ2v) is 39.6. The topological polar surface area (TPSA) is 63.4 Å². The van der Waals surface area contributed by atoms with Crippen LogP contribution in [-0.2, 0) is 55.9 Å². The fourth-order valence-electron chi connectivity index (χ4n) is 12.7. The van der Waals surface area contributed by atoms with E-state index in [4.69, 9.17) is 0 Å². The van der Waals surface area contributed by atoms with Crippen molar-refractivity contribution in [2.45, 2.75) is 138 Å². The van der Waals surface area contributed by atoms with Crippen molar-refractivity contribution in [3.63, 3.8) is 0 Å². The minimum atomic E-state index is -4.37. The lowest BCUT2D eigenvalue weighted by Gasteiger charge is -2.14. The van der Waals surface area contributed by atoms with E-state index in [9.17, 15) is 41.6 Å². The largest absolute Gasteiger partial charge is 0.508 e. The van der Waals surface area contributed by atoms with Gasteiger partial charge in [-0.15, -0.1) is 0 Å². The second-order valence-electron chi connectivity index (χ2n) is 27.1. The summed E-state index contributed by atoms with van der Waals surface area (Å²) in [6.07, 6.45) is -8.68. The Bertz CT molecular complexity index is 5840. The molecule has 16 aromatic rings. The Morgan fingerprint density at radius 2 is 0.500 bits per heavy atom. The van der Waals surface area contributed by atoms with Crippen LogP contribution in [0.1, 0.15) is 33.4 Å². The molecule has 1 N–H and O–H groups in total. The van der Waals surface area contributed by atoms with Crippen LogP contribution in [0.4, 0.5) is 32.0 Å². The van der Waals surface area contributed by atoms with E-state index in [1.165, 1.54) is 112 Å². The lowest BCUT2D eigenvalue weighted by Crippen LogP contribution is -2.06. The van der Waals surface area contributed by atoms with E-state index >= 15 is 0 Å². The van der Waals surface area contributed by atoms with E-state index in [2.05, 4.69) is 257 Å². The monoisotopic (exact) mass is 1740 g/mol. The van der Waals surface area contributed by atoms with Crippen LogP contribution >= 0.6 is 47.0 Å². The molecule has 0 aliphatic heterocycles. The Balaban J connectivity index is 0.000000138. The van der Waals surface area contributed by atoms with Crippen LogP contribution in [0.25, 0.3) is 0 Å². The molecule has 0 radical (unpaired) electrons. The summed E-state index contributed by atoms with van der Waals surface area (Å²) >= 11 is 5.81. The molecule has 18 heteroatoms. The van der Waals surface area contributed by atoms with Crippen molar-refractivity contribution in [1.82, 2.24) is 0 Å². The average Bonchev–Trinajstić information content (AvgIpc) is 1.25. The van der Waals surface area contributed by atoms with E-state index in [1.807, 2.05) is 105 Å². The molecule has 120 heavy (non-hydrogen) atoms. The van der Waals surface area contributed by atoms with Crippen LogP contribution in [0.3, 0.4) is 0 Å². The van der Waals surface area contributed by atoms with E-state index < -0.39 is 23.5 Å². The smallest absolute Gasteiger partial charge is 0.417 e. The first-order valence-electron chi connectivity index (χ1n) is 38.1. The summed E-state index contributed by atoms with van der Waals surface area (Å²) in [5, 5.41) is 20.8. The predicted octanol–water partition coefficient (Wildman–Crippen LogP) is 30.6. The zero-order chi connectivity index (χ0) is 84.0. The van der Waals surface area contributed by atoms with Gasteiger partial charge in [0.05, 0.1) is 64.5 Å². The normalized spacial score (nSPS) is 11.3. The van der Waals surface area contributed by atoms with E-state index in [-0.39, 0.29) is 59.1 Å². The molecule has 0 amide bonds. The Hall–Kier alpha value is -10.9. The van der Waals surface area contributed by atoms with Crippen molar-refractivity contribution in [3.05, 3.63) is 456 Å². The van der Waals surface area contributed by atoms with Gasteiger partial charge in [0.25, 0.3) is 5.69 Å². The van der Waals surface area contributed by atoms with Crippen LogP contribution in [0.5, 0.6) is 5.75 Å². The lowest BCUT2D eigenvalue weighted by atomic mass is 10.2. The number of aromatic hydroxyl groups is 1. The lowest BCUT2D eigenvalue weighted by molar-refractivity contribution is -0.387. The average molecular weight is 1740 g/mol. The summed E-state index contributed by atoms with van der Waals surface area (Å²) < 4.78 is 78.6. The molecule has 0 spiro atoms. The number of phenols is 1. The van der Waals surface area contributed by atoms with Crippen molar-refractivity contribution >= 4 is 96.3 Å². The number of rotatable bonds is 21. The van der Waals surface area contributed by atoms with Crippen LogP contribution < -0.4 is 0 Å². The van der Waals surface area contributed by atoms with Crippen LogP contribution in [0.15, 0.2) is 510 Å². The Morgan fingerprint density at radius 1 is 0.258 bits per heavy atom. The minimum Gasteiger partial charge on any atom is -0.508 e. The molecular formula is C102H81F6NO3S8+4. The second kappa shape index (κ2) is 41.9. The fraction of sp³-hybridized carbons (Fsp3) is 0.0588. The molecule has 0 bridgehead atoms. The van der Waals surface area contributed by atoms with Gasteiger partial charge in [-0.05, 0) is 287 Å². The van der Waals surface area contributed by atoms with Gasteiger partial charge in [-0.25, -0.2) is 0 Å². The quantitative estimate of drug-likeness (QED) is 0.0333. The zero-order valence-corrected chi connectivity index (χ0v) is 72.0. The number of phenolic OH excluding ortho intramolecular Hbond substituents is 1. The van der Waals surface area contributed by atoms with Crippen molar-refractivity contribution in [2.24, 2.45) is 0 Å². The van der Waals surface area contributed by atoms with Gasteiger partial charge >= 0.3 is 12.4 Å². The molecule has 0 fully saturated rings. The number of hydrogen-bond donors (Lipinski definition) is 1. The number of benzene rings is 16. The van der Waals surface area contributed by atoms with E-state index in [0.717, 1.165) is 76.0 Å².